The number of hydrogen-bond acceptors (Lipinski definition) is 2. The van der Waals surface area contributed by atoms with Gasteiger partial charge in [-0.25, -0.2) is 0 Å². The Morgan fingerprint density at radius 3 is 2.53 bits per heavy atom. The third kappa shape index (κ3) is 6.35. The van der Waals surface area contributed by atoms with Gasteiger partial charge in [-0.2, -0.15) is 0 Å². The number of rotatable bonds is 8. The van der Waals surface area contributed by atoms with Crippen molar-refractivity contribution in [3.8, 4) is 0 Å². The Balaban J connectivity index is 2.43. The molecule has 0 unspecified atom stereocenters. The predicted octanol–water partition coefficient (Wildman–Crippen LogP) is 4.52. The lowest BCUT2D eigenvalue weighted by Gasteiger charge is -2.14. The summed E-state index contributed by atoms with van der Waals surface area (Å²) in [6, 6.07) is 7.63. The molecule has 19 heavy (non-hydrogen) atoms. The summed E-state index contributed by atoms with van der Waals surface area (Å²) in [5.74, 6) is 0.138. The van der Waals surface area contributed by atoms with Gasteiger partial charge in [-0.1, -0.05) is 38.3 Å². The van der Waals surface area contributed by atoms with E-state index in [1.807, 2.05) is 31.2 Å². The molecule has 1 atom stereocenters. The van der Waals surface area contributed by atoms with Crippen LogP contribution in [0.2, 0.25) is 5.02 Å². The van der Waals surface area contributed by atoms with Crippen LogP contribution in [0.25, 0.3) is 0 Å². The number of carbonyl (C=O) groups excluding carboxylic acids is 1. The second kappa shape index (κ2) is 9.27. The largest absolute Gasteiger partial charge is 0.355 e. The van der Waals surface area contributed by atoms with Crippen LogP contribution in [0.3, 0.4) is 0 Å². The number of halogens is 1. The van der Waals surface area contributed by atoms with Crippen molar-refractivity contribution >= 4 is 29.3 Å². The van der Waals surface area contributed by atoms with Crippen molar-refractivity contribution < 1.29 is 4.79 Å². The molecule has 1 aromatic rings. The molecule has 0 radical (unpaired) electrons. The molecule has 0 fully saturated rings. The number of hydrogen-bond donors (Lipinski definition) is 1. The molecule has 0 aliphatic carbocycles. The van der Waals surface area contributed by atoms with Gasteiger partial charge in [0, 0.05) is 16.5 Å². The maximum atomic E-state index is 12.1. The number of amides is 1. The van der Waals surface area contributed by atoms with Crippen molar-refractivity contribution in [2.24, 2.45) is 0 Å². The Kier molecular flexibility index (Phi) is 7.99. The molecular weight excluding hydrogens is 278 g/mol. The molecule has 0 aromatic heterocycles. The summed E-state index contributed by atoms with van der Waals surface area (Å²) in [4.78, 5) is 13.1. The molecule has 1 aromatic carbocycles. The zero-order valence-electron chi connectivity index (χ0n) is 11.6. The first-order valence-corrected chi connectivity index (χ1v) is 8.13. The van der Waals surface area contributed by atoms with Crippen molar-refractivity contribution in [3.63, 3.8) is 0 Å². The molecule has 1 rings (SSSR count). The average Bonchev–Trinajstić information content (AvgIpc) is 2.42. The SMILES string of the molecule is CCCCCNC(=O)[C@H](CC)Sc1ccc(Cl)cc1. The van der Waals surface area contributed by atoms with Crippen LogP contribution in [0, 0.1) is 0 Å². The van der Waals surface area contributed by atoms with E-state index in [-0.39, 0.29) is 11.2 Å². The average molecular weight is 300 g/mol. The summed E-state index contributed by atoms with van der Waals surface area (Å²) in [5, 5.41) is 3.71. The number of thioether (sulfide) groups is 1. The second-order valence-electron chi connectivity index (χ2n) is 4.47. The fourth-order valence-electron chi connectivity index (χ4n) is 1.70. The molecule has 4 heteroatoms. The Morgan fingerprint density at radius 1 is 1.26 bits per heavy atom. The van der Waals surface area contributed by atoms with Gasteiger partial charge in [0.15, 0.2) is 0 Å². The van der Waals surface area contributed by atoms with Crippen molar-refractivity contribution in [3.05, 3.63) is 29.3 Å². The quantitative estimate of drug-likeness (QED) is 0.565. The van der Waals surface area contributed by atoms with E-state index in [1.54, 1.807) is 11.8 Å². The first-order valence-electron chi connectivity index (χ1n) is 6.87. The maximum absolute atomic E-state index is 12.1. The van der Waals surface area contributed by atoms with E-state index >= 15 is 0 Å². The lowest BCUT2D eigenvalue weighted by molar-refractivity contribution is -0.120. The van der Waals surface area contributed by atoms with Gasteiger partial charge < -0.3 is 5.32 Å². The lowest BCUT2D eigenvalue weighted by Crippen LogP contribution is -2.32. The highest BCUT2D eigenvalue weighted by Crippen LogP contribution is 2.26. The minimum atomic E-state index is -0.0252. The molecule has 0 bridgehead atoms. The molecular formula is C15H22ClNOS. The predicted molar refractivity (Wildman–Crippen MR) is 83.9 cm³/mol. The number of unbranched alkanes of at least 4 members (excludes halogenated alkanes) is 2. The van der Waals surface area contributed by atoms with E-state index in [9.17, 15) is 4.79 Å². The van der Waals surface area contributed by atoms with E-state index in [0.717, 1.165) is 29.3 Å². The highest BCUT2D eigenvalue weighted by Gasteiger charge is 2.17. The van der Waals surface area contributed by atoms with Crippen LogP contribution in [0.1, 0.15) is 39.5 Å². The summed E-state index contributed by atoms with van der Waals surface area (Å²) in [7, 11) is 0. The van der Waals surface area contributed by atoms with Gasteiger partial charge in [-0.3, -0.25) is 4.79 Å². The Labute approximate surface area is 125 Å². The van der Waals surface area contributed by atoms with E-state index in [1.165, 1.54) is 12.8 Å². The first kappa shape index (κ1) is 16.4. The number of benzene rings is 1. The van der Waals surface area contributed by atoms with Crippen molar-refractivity contribution in [1.29, 1.82) is 0 Å². The van der Waals surface area contributed by atoms with Crippen LogP contribution in [-0.4, -0.2) is 17.7 Å². The summed E-state index contributed by atoms with van der Waals surface area (Å²) < 4.78 is 0. The van der Waals surface area contributed by atoms with Gasteiger partial charge in [-0.05, 0) is 37.1 Å². The molecule has 106 valence electrons. The number of carbonyl (C=O) groups is 1. The molecule has 0 heterocycles. The molecule has 0 saturated heterocycles. The zero-order chi connectivity index (χ0) is 14.1. The van der Waals surface area contributed by atoms with Gasteiger partial charge in [0.1, 0.15) is 0 Å². The lowest BCUT2D eigenvalue weighted by atomic mass is 10.2. The highest BCUT2D eigenvalue weighted by molar-refractivity contribution is 8.00. The minimum Gasteiger partial charge on any atom is -0.355 e. The monoisotopic (exact) mass is 299 g/mol. The second-order valence-corrected chi connectivity index (χ2v) is 6.18. The van der Waals surface area contributed by atoms with Crippen LogP contribution in [0.4, 0.5) is 0 Å². The van der Waals surface area contributed by atoms with E-state index in [0.29, 0.717) is 0 Å². The standard InChI is InChI=1S/C15H22ClNOS/c1-3-5-6-11-17-15(18)14(4-2)19-13-9-7-12(16)8-10-13/h7-10,14H,3-6,11H2,1-2H3,(H,17,18)/t14-/m0/s1. The fraction of sp³-hybridized carbons (Fsp3) is 0.533. The molecule has 0 aliphatic heterocycles. The fourth-order valence-corrected chi connectivity index (χ4v) is 2.80. The first-order chi connectivity index (χ1) is 9.17. The van der Waals surface area contributed by atoms with Gasteiger partial charge in [0.2, 0.25) is 5.91 Å². The van der Waals surface area contributed by atoms with E-state index < -0.39 is 0 Å². The van der Waals surface area contributed by atoms with Gasteiger partial charge >= 0.3 is 0 Å². The zero-order valence-corrected chi connectivity index (χ0v) is 13.2. The molecule has 1 amide bonds. The van der Waals surface area contributed by atoms with Crippen molar-refractivity contribution in [2.45, 2.75) is 49.7 Å². The summed E-state index contributed by atoms with van der Waals surface area (Å²) in [6.45, 7) is 4.98. The highest BCUT2D eigenvalue weighted by atomic mass is 35.5. The van der Waals surface area contributed by atoms with Crippen LogP contribution in [-0.2, 0) is 4.79 Å². The van der Waals surface area contributed by atoms with Crippen LogP contribution < -0.4 is 5.32 Å². The summed E-state index contributed by atoms with van der Waals surface area (Å²) in [6.07, 6.45) is 4.23. The molecule has 0 aliphatic rings. The molecule has 1 N–H and O–H groups in total. The third-order valence-electron chi connectivity index (χ3n) is 2.83. The topological polar surface area (TPSA) is 29.1 Å². The van der Waals surface area contributed by atoms with Gasteiger partial charge in [0.25, 0.3) is 0 Å². The minimum absolute atomic E-state index is 0.0252. The molecule has 2 nitrogen and oxygen atoms in total. The van der Waals surface area contributed by atoms with Crippen molar-refractivity contribution in [1.82, 2.24) is 5.32 Å². The van der Waals surface area contributed by atoms with Crippen LogP contribution >= 0.6 is 23.4 Å². The third-order valence-corrected chi connectivity index (χ3v) is 4.46. The van der Waals surface area contributed by atoms with E-state index in [2.05, 4.69) is 12.2 Å². The summed E-state index contributed by atoms with van der Waals surface area (Å²) in [5.41, 5.74) is 0. The summed E-state index contributed by atoms with van der Waals surface area (Å²) >= 11 is 7.45. The van der Waals surface area contributed by atoms with Crippen molar-refractivity contribution in [2.75, 3.05) is 6.54 Å². The van der Waals surface area contributed by atoms with Gasteiger partial charge in [-0.15, -0.1) is 11.8 Å². The smallest absolute Gasteiger partial charge is 0.233 e. The Hall–Kier alpha value is -0.670. The molecule has 0 spiro atoms. The van der Waals surface area contributed by atoms with Crippen LogP contribution in [0.15, 0.2) is 29.2 Å². The van der Waals surface area contributed by atoms with Gasteiger partial charge in [0.05, 0.1) is 5.25 Å². The Bertz CT molecular complexity index is 380. The maximum Gasteiger partial charge on any atom is 0.233 e. The Morgan fingerprint density at radius 2 is 1.95 bits per heavy atom. The number of nitrogens with one attached hydrogen (secondary N) is 1. The van der Waals surface area contributed by atoms with Crippen LogP contribution in [0.5, 0.6) is 0 Å². The molecule has 0 saturated carbocycles. The van der Waals surface area contributed by atoms with E-state index in [4.69, 9.17) is 11.6 Å². The normalized spacial score (nSPS) is 12.2.